The smallest absolute Gasteiger partial charge is 0.360 e. The van der Waals surface area contributed by atoms with Gasteiger partial charge in [0.05, 0.1) is 24.4 Å². The van der Waals surface area contributed by atoms with E-state index in [-0.39, 0.29) is 31.3 Å². The highest BCUT2D eigenvalue weighted by Crippen LogP contribution is 2.19. The predicted octanol–water partition coefficient (Wildman–Crippen LogP) is 0.321. The number of rotatable bonds is 6. The Kier molecular flexibility index (Phi) is 5.02. The van der Waals surface area contributed by atoms with E-state index < -0.39 is 11.6 Å². The van der Waals surface area contributed by atoms with E-state index in [1.54, 1.807) is 13.8 Å². The summed E-state index contributed by atoms with van der Waals surface area (Å²) in [5.41, 5.74) is 5.27. The molecule has 3 N–H and O–H groups in total. The van der Waals surface area contributed by atoms with Crippen LogP contribution in [0.4, 0.5) is 0 Å². The number of hydrogen-bond donors (Lipinski definition) is 2. The van der Waals surface area contributed by atoms with Crippen LogP contribution in [0, 0.1) is 5.92 Å². The van der Waals surface area contributed by atoms with E-state index in [4.69, 9.17) is 10.5 Å². The van der Waals surface area contributed by atoms with Crippen molar-refractivity contribution in [2.45, 2.75) is 46.4 Å². The first-order chi connectivity index (χ1) is 8.83. The van der Waals surface area contributed by atoms with E-state index >= 15 is 0 Å². The molecule has 0 saturated heterocycles. The van der Waals surface area contributed by atoms with Gasteiger partial charge in [0, 0.05) is 6.54 Å². The third-order valence-corrected chi connectivity index (χ3v) is 3.21. The van der Waals surface area contributed by atoms with E-state index in [0.29, 0.717) is 5.69 Å². The van der Waals surface area contributed by atoms with Crippen LogP contribution in [0.25, 0.3) is 0 Å². The summed E-state index contributed by atoms with van der Waals surface area (Å²) < 4.78 is 6.35. The van der Waals surface area contributed by atoms with Gasteiger partial charge >= 0.3 is 5.97 Å². The van der Waals surface area contributed by atoms with Crippen LogP contribution in [-0.2, 0) is 17.8 Å². The number of hydrogen-bond acceptors (Lipinski definition) is 6. The molecule has 0 fully saturated rings. The fraction of sp³-hybridized carbons (Fsp3) is 0.750. The molecule has 0 spiro atoms. The number of nitrogens with zero attached hydrogens (tertiary/aromatic N) is 3. The Morgan fingerprint density at radius 3 is 2.68 bits per heavy atom. The first kappa shape index (κ1) is 15.6. The third kappa shape index (κ3) is 3.51. The van der Waals surface area contributed by atoms with Gasteiger partial charge in [-0.25, -0.2) is 9.48 Å². The molecular weight excluding hydrogens is 248 g/mol. The zero-order valence-corrected chi connectivity index (χ0v) is 11.9. The van der Waals surface area contributed by atoms with Crippen LogP contribution in [0.2, 0.25) is 0 Å². The molecule has 0 aromatic carbocycles. The summed E-state index contributed by atoms with van der Waals surface area (Å²) in [7, 11) is 0. The van der Waals surface area contributed by atoms with E-state index in [0.717, 1.165) is 0 Å². The Balaban J connectivity index is 3.01. The van der Waals surface area contributed by atoms with Crippen molar-refractivity contribution in [2.75, 3.05) is 6.61 Å². The molecule has 0 aliphatic heterocycles. The number of esters is 1. The van der Waals surface area contributed by atoms with Crippen molar-refractivity contribution in [3.05, 3.63) is 11.4 Å². The second-order valence-corrected chi connectivity index (χ2v) is 4.98. The Bertz CT molecular complexity index is 440. The maximum atomic E-state index is 11.7. The van der Waals surface area contributed by atoms with Gasteiger partial charge < -0.3 is 15.6 Å². The van der Waals surface area contributed by atoms with Crippen LogP contribution in [0.1, 0.15) is 43.9 Å². The summed E-state index contributed by atoms with van der Waals surface area (Å²) in [6.07, 6.45) is 0. The molecule has 0 amide bonds. The lowest BCUT2D eigenvalue weighted by molar-refractivity contribution is -0.00683. The highest BCUT2D eigenvalue weighted by atomic mass is 16.5. The largest absolute Gasteiger partial charge is 0.461 e. The Hall–Kier alpha value is -1.47. The molecule has 7 heteroatoms. The zero-order chi connectivity index (χ0) is 14.6. The molecule has 1 aromatic rings. The number of ether oxygens (including phenoxy) is 1. The second kappa shape index (κ2) is 6.12. The van der Waals surface area contributed by atoms with E-state index in [9.17, 15) is 9.90 Å². The van der Waals surface area contributed by atoms with Gasteiger partial charge in [-0.2, -0.15) is 0 Å². The van der Waals surface area contributed by atoms with Crippen LogP contribution in [0.15, 0.2) is 0 Å². The molecule has 1 aromatic heterocycles. The van der Waals surface area contributed by atoms with Gasteiger partial charge in [0.25, 0.3) is 0 Å². The van der Waals surface area contributed by atoms with Crippen molar-refractivity contribution in [3.8, 4) is 0 Å². The standard InChI is InChI=1S/C12H22N4O3/c1-5-19-11(17)10-9(6-13)16(15-14-10)7-12(4,18)8(2)3/h8,18H,5-7,13H2,1-4H3. The van der Waals surface area contributed by atoms with Gasteiger partial charge in [-0.3, -0.25) is 0 Å². The first-order valence-corrected chi connectivity index (χ1v) is 6.35. The maximum absolute atomic E-state index is 11.7. The molecular formula is C12H22N4O3. The Labute approximate surface area is 112 Å². The van der Waals surface area contributed by atoms with Crippen molar-refractivity contribution < 1.29 is 14.6 Å². The molecule has 0 aliphatic rings. The minimum Gasteiger partial charge on any atom is -0.461 e. The molecule has 0 saturated carbocycles. The summed E-state index contributed by atoms with van der Waals surface area (Å²) in [6.45, 7) is 7.84. The fourth-order valence-electron chi connectivity index (χ4n) is 1.51. The van der Waals surface area contributed by atoms with Crippen molar-refractivity contribution in [3.63, 3.8) is 0 Å². The SMILES string of the molecule is CCOC(=O)c1nnn(CC(C)(O)C(C)C)c1CN. The van der Waals surface area contributed by atoms with Gasteiger partial charge in [-0.15, -0.1) is 5.10 Å². The zero-order valence-electron chi connectivity index (χ0n) is 11.9. The number of carbonyl (C=O) groups excluding carboxylic acids is 1. The Morgan fingerprint density at radius 1 is 1.58 bits per heavy atom. The molecule has 0 aliphatic carbocycles. The van der Waals surface area contributed by atoms with Crippen LogP contribution >= 0.6 is 0 Å². The highest BCUT2D eigenvalue weighted by Gasteiger charge is 2.29. The van der Waals surface area contributed by atoms with Gasteiger partial charge in [0.2, 0.25) is 0 Å². The lowest BCUT2D eigenvalue weighted by Gasteiger charge is -2.27. The molecule has 7 nitrogen and oxygen atoms in total. The number of aromatic nitrogens is 3. The third-order valence-electron chi connectivity index (χ3n) is 3.21. The summed E-state index contributed by atoms with van der Waals surface area (Å²) in [6, 6.07) is 0. The molecule has 108 valence electrons. The molecule has 0 bridgehead atoms. The van der Waals surface area contributed by atoms with Crippen molar-refractivity contribution in [2.24, 2.45) is 11.7 Å². The summed E-state index contributed by atoms with van der Waals surface area (Å²) in [5.74, 6) is -0.508. The van der Waals surface area contributed by atoms with Gasteiger partial charge in [-0.05, 0) is 19.8 Å². The molecule has 1 rings (SSSR count). The molecule has 0 radical (unpaired) electrons. The predicted molar refractivity (Wildman–Crippen MR) is 69.3 cm³/mol. The molecule has 1 atom stereocenters. The van der Waals surface area contributed by atoms with Crippen LogP contribution < -0.4 is 5.73 Å². The van der Waals surface area contributed by atoms with Crippen LogP contribution in [0.3, 0.4) is 0 Å². The monoisotopic (exact) mass is 270 g/mol. The summed E-state index contributed by atoms with van der Waals surface area (Å²) in [4.78, 5) is 11.7. The average Bonchev–Trinajstić information content (AvgIpc) is 2.71. The van der Waals surface area contributed by atoms with Crippen LogP contribution in [-0.4, -0.2) is 38.3 Å². The Morgan fingerprint density at radius 2 is 2.21 bits per heavy atom. The van der Waals surface area contributed by atoms with Gasteiger partial charge in [-0.1, -0.05) is 19.1 Å². The molecule has 1 unspecified atom stereocenters. The normalized spacial score (nSPS) is 14.5. The quantitative estimate of drug-likeness (QED) is 0.722. The van der Waals surface area contributed by atoms with E-state index in [1.165, 1.54) is 4.68 Å². The molecule has 1 heterocycles. The van der Waals surface area contributed by atoms with E-state index in [2.05, 4.69) is 10.3 Å². The average molecular weight is 270 g/mol. The molecule has 19 heavy (non-hydrogen) atoms. The minimum absolute atomic E-state index is 0.0355. The minimum atomic E-state index is -0.955. The number of nitrogens with two attached hydrogens (primary N) is 1. The van der Waals surface area contributed by atoms with Crippen LogP contribution in [0.5, 0.6) is 0 Å². The summed E-state index contributed by atoms with van der Waals surface area (Å²) in [5, 5.41) is 18.0. The number of aliphatic hydroxyl groups is 1. The number of carbonyl (C=O) groups is 1. The van der Waals surface area contributed by atoms with Crippen molar-refractivity contribution in [1.82, 2.24) is 15.0 Å². The van der Waals surface area contributed by atoms with Crippen molar-refractivity contribution in [1.29, 1.82) is 0 Å². The lowest BCUT2D eigenvalue weighted by atomic mass is 9.92. The van der Waals surface area contributed by atoms with Gasteiger partial charge in [0.15, 0.2) is 5.69 Å². The maximum Gasteiger partial charge on any atom is 0.360 e. The first-order valence-electron chi connectivity index (χ1n) is 6.35. The lowest BCUT2D eigenvalue weighted by Crippen LogP contribution is -2.37. The topological polar surface area (TPSA) is 103 Å². The van der Waals surface area contributed by atoms with E-state index in [1.807, 2.05) is 13.8 Å². The highest BCUT2D eigenvalue weighted by molar-refractivity contribution is 5.88. The fourth-order valence-corrected chi connectivity index (χ4v) is 1.51. The van der Waals surface area contributed by atoms with Gasteiger partial charge in [0.1, 0.15) is 0 Å². The second-order valence-electron chi connectivity index (χ2n) is 4.98. The van der Waals surface area contributed by atoms with Crippen molar-refractivity contribution >= 4 is 5.97 Å². The summed E-state index contributed by atoms with van der Waals surface area (Å²) >= 11 is 0.